The van der Waals surface area contributed by atoms with Crippen LogP contribution in [0.1, 0.15) is 30.5 Å². The first-order chi connectivity index (χ1) is 12.1. The first-order valence-electron chi connectivity index (χ1n) is 8.44. The Morgan fingerprint density at radius 3 is 2.56 bits per heavy atom. The van der Waals surface area contributed by atoms with E-state index < -0.39 is 0 Å². The van der Waals surface area contributed by atoms with Crippen LogP contribution in [0.3, 0.4) is 0 Å². The molecular weight excluding hydrogens is 321 g/mol. The average Bonchev–Trinajstić information content (AvgIpc) is 2.62. The number of likely N-dealkylation sites (N-methyl/N-ethyl adjacent to an activating group) is 1. The Labute approximate surface area is 148 Å². The van der Waals surface area contributed by atoms with Gasteiger partial charge in [-0.1, -0.05) is 25.1 Å². The summed E-state index contributed by atoms with van der Waals surface area (Å²) in [6.07, 6.45) is 0.980. The number of carbonyl (C=O) groups is 1. The lowest BCUT2D eigenvalue weighted by atomic mass is 10.0. The molecule has 0 heterocycles. The lowest BCUT2D eigenvalue weighted by Crippen LogP contribution is -2.21. The zero-order chi connectivity index (χ0) is 18.2. The van der Waals surface area contributed by atoms with Gasteiger partial charge >= 0.3 is 0 Å². The highest BCUT2D eigenvalue weighted by atomic mass is 19.1. The van der Waals surface area contributed by atoms with E-state index in [0.717, 1.165) is 23.1 Å². The predicted octanol–water partition coefficient (Wildman–Crippen LogP) is 3.65. The summed E-state index contributed by atoms with van der Waals surface area (Å²) in [7, 11) is 1.59. The Bertz CT molecular complexity index is 731. The van der Waals surface area contributed by atoms with E-state index >= 15 is 0 Å². The molecule has 2 aromatic carbocycles. The molecular formula is C20H24FNO3. The van der Waals surface area contributed by atoms with Gasteiger partial charge in [0.05, 0.1) is 13.0 Å². The molecule has 134 valence electrons. The molecule has 4 nitrogen and oxygen atoms in total. The summed E-state index contributed by atoms with van der Waals surface area (Å²) in [5.74, 6) is 0.346. The summed E-state index contributed by atoms with van der Waals surface area (Å²) >= 11 is 0. The summed E-state index contributed by atoms with van der Waals surface area (Å²) < 4.78 is 25.5. The minimum atomic E-state index is -0.388. The third-order valence-electron chi connectivity index (χ3n) is 3.94. The number of nitrogens with one attached hydrogen (secondary N) is 1. The van der Waals surface area contributed by atoms with Crippen molar-refractivity contribution in [3.63, 3.8) is 0 Å². The number of hydrogen-bond donors (Lipinski definition) is 1. The Kier molecular flexibility index (Phi) is 6.81. The average molecular weight is 345 g/mol. The van der Waals surface area contributed by atoms with Crippen molar-refractivity contribution >= 4 is 5.91 Å². The van der Waals surface area contributed by atoms with Gasteiger partial charge in [-0.2, -0.15) is 0 Å². The topological polar surface area (TPSA) is 47.6 Å². The van der Waals surface area contributed by atoms with Crippen molar-refractivity contribution in [3.05, 3.63) is 58.9 Å². The molecule has 0 unspecified atom stereocenters. The van der Waals surface area contributed by atoms with E-state index in [1.54, 1.807) is 13.1 Å². The second kappa shape index (κ2) is 9.06. The molecule has 1 amide bonds. The zero-order valence-electron chi connectivity index (χ0n) is 14.9. The maximum absolute atomic E-state index is 14.1. The standard InChI is InChI=1S/C20H24FNO3/c1-4-14-9-10-19(17(21)11-14)25-13-16-15(12-20(23)22-3)7-6-8-18(16)24-5-2/h6-11H,4-5,12-13H2,1-3H3,(H,22,23). The number of benzene rings is 2. The zero-order valence-corrected chi connectivity index (χ0v) is 14.9. The number of rotatable bonds is 8. The van der Waals surface area contributed by atoms with Crippen LogP contribution in [-0.4, -0.2) is 19.6 Å². The van der Waals surface area contributed by atoms with Crippen LogP contribution < -0.4 is 14.8 Å². The molecule has 0 aliphatic carbocycles. The van der Waals surface area contributed by atoms with Crippen LogP contribution >= 0.6 is 0 Å². The number of halogens is 1. The van der Waals surface area contributed by atoms with Gasteiger partial charge in [-0.3, -0.25) is 4.79 Å². The van der Waals surface area contributed by atoms with E-state index in [2.05, 4.69) is 5.32 Å². The molecule has 0 saturated carbocycles. The van der Waals surface area contributed by atoms with Crippen LogP contribution in [0.2, 0.25) is 0 Å². The van der Waals surface area contributed by atoms with Crippen LogP contribution in [0, 0.1) is 5.82 Å². The number of aryl methyl sites for hydroxylation is 1. The summed E-state index contributed by atoms with van der Waals surface area (Å²) in [6.45, 7) is 4.48. The molecule has 1 N–H and O–H groups in total. The van der Waals surface area contributed by atoms with Crippen LogP contribution in [0.5, 0.6) is 11.5 Å². The minimum absolute atomic E-state index is 0.103. The number of carbonyl (C=O) groups excluding carboxylic acids is 1. The highest BCUT2D eigenvalue weighted by Gasteiger charge is 2.14. The first-order valence-corrected chi connectivity index (χ1v) is 8.44. The Morgan fingerprint density at radius 1 is 1.12 bits per heavy atom. The van der Waals surface area contributed by atoms with E-state index in [9.17, 15) is 9.18 Å². The molecule has 0 spiro atoms. The fraction of sp³-hybridized carbons (Fsp3) is 0.350. The second-order valence-electron chi connectivity index (χ2n) is 5.58. The third-order valence-corrected chi connectivity index (χ3v) is 3.94. The van der Waals surface area contributed by atoms with Gasteiger partial charge < -0.3 is 14.8 Å². The van der Waals surface area contributed by atoms with Crippen LogP contribution in [0.15, 0.2) is 36.4 Å². The molecule has 0 fully saturated rings. The maximum Gasteiger partial charge on any atom is 0.224 e. The van der Waals surface area contributed by atoms with Crippen molar-refractivity contribution in [1.29, 1.82) is 0 Å². The molecule has 5 heteroatoms. The van der Waals surface area contributed by atoms with Crippen LogP contribution in [0.4, 0.5) is 4.39 Å². The molecule has 2 rings (SSSR count). The monoisotopic (exact) mass is 345 g/mol. The van der Waals surface area contributed by atoms with E-state index in [0.29, 0.717) is 12.4 Å². The van der Waals surface area contributed by atoms with E-state index in [-0.39, 0.29) is 30.5 Å². The van der Waals surface area contributed by atoms with Crippen molar-refractivity contribution in [2.24, 2.45) is 0 Å². The first kappa shape index (κ1) is 18.8. The van der Waals surface area contributed by atoms with Crippen molar-refractivity contribution in [2.75, 3.05) is 13.7 Å². The Balaban J connectivity index is 2.25. The molecule has 0 aliphatic heterocycles. The lowest BCUT2D eigenvalue weighted by Gasteiger charge is -2.16. The predicted molar refractivity (Wildman–Crippen MR) is 95.5 cm³/mol. The summed E-state index contributed by atoms with van der Waals surface area (Å²) in [4.78, 5) is 11.7. The smallest absolute Gasteiger partial charge is 0.224 e. The van der Waals surface area contributed by atoms with Crippen LogP contribution in [-0.2, 0) is 24.2 Å². The maximum atomic E-state index is 14.1. The fourth-order valence-electron chi connectivity index (χ4n) is 2.52. The van der Waals surface area contributed by atoms with E-state index in [1.807, 2.05) is 38.1 Å². The van der Waals surface area contributed by atoms with Crippen molar-refractivity contribution in [2.45, 2.75) is 33.3 Å². The molecule has 0 saturated heterocycles. The van der Waals surface area contributed by atoms with Crippen LogP contribution in [0.25, 0.3) is 0 Å². The lowest BCUT2D eigenvalue weighted by molar-refractivity contribution is -0.119. The van der Waals surface area contributed by atoms with Gasteiger partial charge in [0.1, 0.15) is 12.4 Å². The van der Waals surface area contributed by atoms with Crippen molar-refractivity contribution in [3.8, 4) is 11.5 Å². The van der Waals surface area contributed by atoms with Crippen molar-refractivity contribution in [1.82, 2.24) is 5.32 Å². The van der Waals surface area contributed by atoms with Gasteiger partial charge in [-0.05, 0) is 42.7 Å². The van der Waals surface area contributed by atoms with Gasteiger partial charge in [0, 0.05) is 12.6 Å². The van der Waals surface area contributed by atoms with Gasteiger partial charge in [0.25, 0.3) is 0 Å². The largest absolute Gasteiger partial charge is 0.493 e. The normalized spacial score (nSPS) is 10.4. The molecule has 2 aromatic rings. The number of ether oxygens (including phenoxy) is 2. The Hall–Kier alpha value is -2.56. The van der Waals surface area contributed by atoms with Gasteiger partial charge in [0.2, 0.25) is 5.91 Å². The molecule has 0 atom stereocenters. The SMILES string of the molecule is CCOc1cccc(CC(=O)NC)c1COc1ccc(CC)cc1F. The molecule has 0 aliphatic rings. The highest BCUT2D eigenvalue weighted by Crippen LogP contribution is 2.26. The fourth-order valence-corrected chi connectivity index (χ4v) is 2.52. The summed E-state index contributed by atoms with van der Waals surface area (Å²) in [5.41, 5.74) is 2.47. The summed E-state index contributed by atoms with van der Waals surface area (Å²) in [5, 5.41) is 2.61. The minimum Gasteiger partial charge on any atom is -0.493 e. The summed E-state index contributed by atoms with van der Waals surface area (Å²) in [6, 6.07) is 10.5. The van der Waals surface area contributed by atoms with E-state index in [4.69, 9.17) is 9.47 Å². The van der Waals surface area contributed by atoms with Crippen molar-refractivity contribution < 1.29 is 18.7 Å². The molecule has 25 heavy (non-hydrogen) atoms. The van der Waals surface area contributed by atoms with Gasteiger partial charge in [0.15, 0.2) is 11.6 Å². The quantitative estimate of drug-likeness (QED) is 0.794. The highest BCUT2D eigenvalue weighted by molar-refractivity contribution is 5.78. The molecule has 0 bridgehead atoms. The van der Waals surface area contributed by atoms with Gasteiger partial charge in [-0.25, -0.2) is 4.39 Å². The van der Waals surface area contributed by atoms with Gasteiger partial charge in [-0.15, -0.1) is 0 Å². The van der Waals surface area contributed by atoms with E-state index in [1.165, 1.54) is 6.07 Å². The second-order valence-corrected chi connectivity index (χ2v) is 5.58. The number of hydrogen-bond acceptors (Lipinski definition) is 3. The Morgan fingerprint density at radius 2 is 1.92 bits per heavy atom. The third kappa shape index (κ3) is 4.95. The number of amides is 1. The molecule has 0 radical (unpaired) electrons. The molecule has 0 aromatic heterocycles.